The summed E-state index contributed by atoms with van der Waals surface area (Å²) in [7, 11) is 3.34. The van der Waals surface area contributed by atoms with Crippen LogP contribution in [0.25, 0.3) is 0 Å². The number of benzene rings is 1. The first-order valence-electron chi connectivity index (χ1n) is 6.50. The van der Waals surface area contributed by atoms with Crippen LogP contribution in [0.2, 0.25) is 0 Å². The monoisotopic (exact) mass is 433 g/mol. The second-order valence-corrected chi connectivity index (χ2v) is 8.13. The third kappa shape index (κ3) is 3.80. The molecule has 114 valence electrons. The van der Waals surface area contributed by atoms with Crippen molar-refractivity contribution < 1.29 is 9.47 Å². The van der Waals surface area contributed by atoms with Gasteiger partial charge in [-0.2, -0.15) is 0 Å². The van der Waals surface area contributed by atoms with Gasteiger partial charge in [-0.1, -0.05) is 6.92 Å². The van der Waals surface area contributed by atoms with Gasteiger partial charge in [-0.25, -0.2) is 0 Å². The van der Waals surface area contributed by atoms with Crippen LogP contribution in [-0.4, -0.2) is 20.8 Å². The lowest BCUT2D eigenvalue weighted by molar-refractivity contribution is 0.387. The first-order chi connectivity index (χ1) is 10.1. The molecule has 6 heteroatoms. The lowest BCUT2D eigenvalue weighted by Gasteiger charge is -2.21. The molecule has 1 N–H and O–H groups in total. The second-order valence-electron chi connectivity index (χ2n) is 4.38. The van der Waals surface area contributed by atoms with Gasteiger partial charge >= 0.3 is 0 Å². The molecular weight excluding hydrogens is 418 g/mol. The molecular formula is C15H17Br2NO2S. The molecule has 1 aromatic carbocycles. The van der Waals surface area contributed by atoms with Crippen LogP contribution in [0.1, 0.15) is 24.1 Å². The molecule has 1 aromatic heterocycles. The Morgan fingerprint density at radius 1 is 1.14 bits per heavy atom. The molecule has 1 atom stereocenters. The van der Waals surface area contributed by atoms with E-state index in [1.165, 1.54) is 5.56 Å². The van der Waals surface area contributed by atoms with Crippen LogP contribution >= 0.6 is 43.2 Å². The van der Waals surface area contributed by atoms with Crippen LogP contribution in [0.15, 0.2) is 31.8 Å². The van der Waals surface area contributed by atoms with Crippen LogP contribution in [0.3, 0.4) is 0 Å². The molecule has 0 aliphatic heterocycles. The van der Waals surface area contributed by atoms with Gasteiger partial charge in [0.05, 0.1) is 27.8 Å². The van der Waals surface area contributed by atoms with Gasteiger partial charge in [-0.05, 0) is 62.2 Å². The standard InChI is InChI=1S/C15H17Br2NO2S/c1-4-18-14(11-8-13(16)21-15(11)17)10-6-5-9(19-2)7-12(10)20-3/h5-8,14,18H,4H2,1-3H3. The minimum Gasteiger partial charge on any atom is -0.497 e. The van der Waals surface area contributed by atoms with E-state index in [9.17, 15) is 0 Å². The highest BCUT2D eigenvalue weighted by molar-refractivity contribution is 9.12. The maximum absolute atomic E-state index is 5.54. The van der Waals surface area contributed by atoms with E-state index >= 15 is 0 Å². The van der Waals surface area contributed by atoms with E-state index in [0.717, 1.165) is 31.2 Å². The lowest BCUT2D eigenvalue weighted by atomic mass is 10.00. The largest absolute Gasteiger partial charge is 0.497 e. The summed E-state index contributed by atoms with van der Waals surface area (Å²) in [6.45, 7) is 2.96. The fourth-order valence-corrected chi connectivity index (χ4v) is 5.10. The van der Waals surface area contributed by atoms with E-state index in [-0.39, 0.29) is 6.04 Å². The van der Waals surface area contributed by atoms with Crippen LogP contribution in [0, 0.1) is 0 Å². The zero-order valence-corrected chi connectivity index (χ0v) is 16.1. The smallest absolute Gasteiger partial charge is 0.127 e. The van der Waals surface area contributed by atoms with Gasteiger partial charge in [0.2, 0.25) is 0 Å². The van der Waals surface area contributed by atoms with Crippen molar-refractivity contribution in [3.63, 3.8) is 0 Å². The van der Waals surface area contributed by atoms with Gasteiger partial charge in [0.1, 0.15) is 11.5 Å². The summed E-state index contributed by atoms with van der Waals surface area (Å²) < 4.78 is 13.0. The Labute approximate surface area is 145 Å². The first kappa shape index (κ1) is 16.8. The maximum atomic E-state index is 5.54. The molecule has 0 saturated carbocycles. The van der Waals surface area contributed by atoms with Gasteiger partial charge in [0.25, 0.3) is 0 Å². The molecule has 0 radical (unpaired) electrons. The summed E-state index contributed by atoms with van der Waals surface area (Å²) in [6.07, 6.45) is 0. The van der Waals surface area contributed by atoms with Gasteiger partial charge < -0.3 is 14.8 Å². The highest BCUT2D eigenvalue weighted by Gasteiger charge is 2.22. The zero-order chi connectivity index (χ0) is 15.4. The third-order valence-electron chi connectivity index (χ3n) is 3.15. The molecule has 0 saturated heterocycles. The molecule has 0 bridgehead atoms. The van der Waals surface area contributed by atoms with Gasteiger partial charge in [0.15, 0.2) is 0 Å². The summed E-state index contributed by atoms with van der Waals surface area (Å²) in [6, 6.07) is 8.11. The number of methoxy groups -OCH3 is 2. The van der Waals surface area contributed by atoms with Crippen molar-refractivity contribution in [2.45, 2.75) is 13.0 Å². The summed E-state index contributed by atoms with van der Waals surface area (Å²) in [4.78, 5) is 0. The number of halogens is 2. The Hall–Kier alpha value is -0.560. The summed E-state index contributed by atoms with van der Waals surface area (Å²) >= 11 is 8.85. The van der Waals surface area contributed by atoms with Crippen LogP contribution in [0.4, 0.5) is 0 Å². The lowest BCUT2D eigenvalue weighted by Crippen LogP contribution is -2.22. The normalized spacial score (nSPS) is 12.2. The summed E-state index contributed by atoms with van der Waals surface area (Å²) in [5.74, 6) is 1.60. The molecule has 2 rings (SSSR count). The van der Waals surface area contributed by atoms with Crippen LogP contribution < -0.4 is 14.8 Å². The third-order valence-corrected chi connectivity index (χ3v) is 5.54. The molecule has 2 aromatic rings. The topological polar surface area (TPSA) is 30.5 Å². The summed E-state index contributed by atoms with van der Waals surface area (Å²) in [5, 5.41) is 3.52. The van der Waals surface area contributed by atoms with Crippen molar-refractivity contribution in [3.8, 4) is 11.5 Å². The molecule has 1 heterocycles. The first-order valence-corrected chi connectivity index (χ1v) is 8.91. The molecule has 3 nitrogen and oxygen atoms in total. The maximum Gasteiger partial charge on any atom is 0.127 e. The average Bonchev–Trinajstić information content (AvgIpc) is 2.82. The average molecular weight is 435 g/mol. The fourth-order valence-electron chi connectivity index (χ4n) is 2.20. The van der Waals surface area contributed by atoms with Gasteiger partial charge in [0, 0.05) is 11.6 Å². The molecule has 21 heavy (non-hydrogen) atoms. The molecule has 0 aliphatic carbocycles. The number of hydrogen-bond acceptors (Lipinski definition) is 4. The zero-order valence-electron chi connectivity index (χ0n) is 12.1. The second kappa shape index (κ2) is 7.63. The van der Waals surface area contributed by atoms with Crippen molar-refractivity contribution in [2.24, 2.45) is 0 Å². The molecule has 0 amide bonds. The van der Waals surface area contributed by atoms with Crippen molar-refractivity contribution >= 4 is 43.2 Å². The summed E-state index contributed by atoms with van der Waals surface area (Å²) in [5.41, 5.74) is 2.28. The van der Waals surface area contributed by atoms with Crippen LogP contribution in [-0.2, 0) is 0 Å². The van der Waals surface area contributed by atoms with E-state index in [0.29, 0.717) is 0 Å². The predicted molar refractivity (Wildman–Crippen MR) is 94.8 cm³/mol. The Morgan fingerprint density at radius 3 is 2.43 bits per heavy atom. The molecule has 1 unspecified atom stereocenters. The van der Waals surface area contributed by atoms with E-state index in [1.54, 1.807) is 25.6 Å². The minimum atomic E-state index is 0.0628. The van der Waals surface area contributed by atoms with Crippen molar-refractivity contribution in [1.82, 2.24) is 5.32 Å². The molecule has 0 fully saturated rings. The SMILES string of the molecule is CCNC(c1ccc(OC)cc1OC)c1cc(Br)sc1Br. The Kier molecular flexibility index (Phi) is 6.10. The number of ether oxygens (including phenoxy) is 2. The highest BCUT2D eigenvalue weighted by atomic mass is 79.9. The highest BCUT2D eigenvalue weighted by Crippen LogP contribution is 2.40. The van der Waals surface area contributed by atoms with Gasteiger partial charge in [-0.3, -0.25) is 0 Å². The van der Waals surface area contributed by atoms with E-state index in [2.05, 4.69) is 50.2 Å². The molecule has 0 spiro atoms. The Morgan fingerprint density at radius 2 is 1.90 bits per heavy atom. The number of thiophene rings is 1. The van der Waals surface area contributed by atoms with E-state index in [1.807, 2.05) is 18.2 Å². The fraction of sp³-hybridized carbons (Fsp3) is 0.333. The van der Waals surface area contributed by atoms with Gasteiger partial charge in [-0.15, -0.1) is 11.3 Å². The van der Waals surface area contributed by atoms with Crippen molar-refractivity contribution in [3.05, 3.63) is 43.0 Å². The number of rotatable bonds is 6. The van der Waals surface area contributed by atoms with Crippen molar-refractivity contribution in [2.75, 3.05) is 20.8 Å². The Balaban J connectivity index is 2.50. The number of nitrogens with one attached hydrogen (secondary N) is 1. The minimum absolute atomic E-state index is 0.0628. The van der Waals surface area contributed by atoms with Crippen LogP contribution in [0.5, 0.6) is 11.5 Å². The Bertz CT molecular complexity index is 616. The van der Waals surface area contributed by atoms with E-state index < -0.39 is 0 Å². The number of hydrogen-bond donors (Lipinski definition) is 1. The molecule has 0 aliphatic rings. The predicted octanol–water partition coefficient (Wildman–Crippen LogP) is 4.99. The van der Waals surface area contributed by atoms with Crippen molar-refractivity contribution in [1.29, 1.82) is 0 Å². The quantitative estimate of drug-likeness (QED) is 0.694. The van der Waals surface area contributed by atoms with E-state index in [4.69, 9.17) is 9.47 Å².